The Kier molecular flexibility index (Phi) is 4.59. The Morgan fingerprint density at radius 2 is 1.61 bits per heavy atom. The van der Waals surface area contributed by atoms with Crippen molar-refractivity contribution in [2.75, 3.05) is 4.90 Å². The van der Waals surface area contributed by atoms with Crippen LogP contribution < -0.4 is 10.3 Å². The molecule has 1 aromatic heterocycles. The minimum absolute atomic E-state index is 0.118. The summed E-state index contributed by atoms with van der Waals surface area (Å²) < 4.78 is 6.96. The summed E-state index contributed by atoms with van der Waals surface area (Å²) in [4.78, 5) is 28.9. The molecule has 0 saturated heterocycles. The largest absolute Gasteiger partial charge is 0.450 e. The molecule has 0 radical (unpaired) electrons. The quantitative estimate of drug-likeness (QED) is 0.346. The Bertz CT molecular complexity index is 1420. The molecule has 31 heavy (non-hydrogen) atoms. The van der Waals surface area contributed by atoms with Gasteiger partial charge in [-0.3, -0.25) is 14.5 Å². The lowest BCUT2D eigenvalue weighted by Gasteiger charge is -2.26. The number of carbonyl (C=O) groups excluding carboxylic acids is 1. The third-order valence-corrected chi connectivity index (χ3v) is 6.51. The van der Waals surface area contributed by atoms with E-state index in [-0.39, 0.29) is 17.1 Å². The molecule has 1 atom stereocenters. The molecule has 1 amide bonds. The summed E-state index contributed by atoms with van der Waals surface area (Å²) in [5.41, 5.74) is 5.45. The molecule has 0 fully saturated rings. The monoisotopic (exact) mass is 473 g/mol. The summed E-state index contributed by atoms with van der Waals surface area (Å²) in [5.74, 6) is -0.182. The smallest absolute Gasteiger partial charge is 0.295 e. The Hall–Kier alpha value is -3.18. The maximum Gasteiger partial charge on any atom is 0.295 e. The van der Waals surface area contributed by atoms with Gasteiger partial charge in [0.2, 0.25) is 5.76 Å². The molecule has 0 N–H and O–H groups in total. The molecule has 1 aliphatic heterocycles. The predicted octanol–water partition coefficient (Wildman–Crippen LogP) is 6.23. The van der Waals surface area contributed by atoms with Gasteiger partial charge in [-0.15, -0.1) is 0 Å². The first-order valence-corrected chi connectivity index (χ1v) is 10.9. The average Bonchev–Trinajstić information content (AvgIpc) is 3.04. The van der Waals surface area contributed by atoms with Crippen molar-refractivity contribution in [1.29, 1.82) is 0 Å². The lowest BCUT2D eigenvalue weighted by atomic mass is 9.97. The van der Waals surface area contributed by atoms with E-state index in [2.05, 4.69) is 15.9 Å². The van der Waals surface area contributed by atoms with E-state index in [9.17, 15) is 9.59 Å². The average molecular weight is 474 g/mol. The predicted molar refractivity (Wildman–Crippen MR) is 126 cm³/mol. The Balaban J connectivity index is 1.82. The van der Waals surface area contributed by atoms with Crippen LogP contribution in [0.3, 0.4) is 0 Å². The molecule has 4 nitrogen and oxygen atoms in total. The molecule has 0 bridgehead atoms. The molecule has 1 aliphatic rings. The van der Waals surface area contributed by atoms with Crippen LogP contribution in [0.2, 0.25) is 0 Å². The first kappa shape index (κ1) is 19.8. The zero-order valence-corrected chi connectivity index (χ0v) is 19.0. The molecule has 5 rings (SSSR count). The summed E-state index contributed by atoms with van der Waals surface area (Å²) in [6.07, 6.45) is 0. The maximum absolute atomic E-state index is 13.6. The van der Waals surface area contributed by atoms with E-state index >= 15 is 0 Å². The molecule has 0 saturated carbocycles. The van der Waals surface area contributed by atoms with Gasteiger partial charge >= 0.3 is 0 Å². The van der Waals surface area contributed by atoms with Crippen LogP contribution in [0.25, 0.3) is 11.0 Å². The standard InChI is InChI=1S/C26H20BrNO3/c1-14-4-11-21-20(12-14)24(29)22-23(17-6-8-18(27)9-7-17)28(26(30)25(22)31-21)19-10-5-15(2)16(3)13-19/h4-13,23H,1-3H3. The highest BCUT2D eigenvalue weighted by Crippen LogP contribution is 2.41. The molecule has 0 spiro atoms. The number of rotatable bonds is 2. The van der Waals surface area contributed by atoms with Gasteiger partial charge in [0.05, 0.1) is 17.0 Å². The van der Waals surface area contributed by atoms with E-state index < -0.39 is 6.04 Å². The van der Waals surface area contributed by atoms with Crippen molar-refractivity contribution in [1.82, 2.24) is 0 Å². The van der Waals surface area contributed by atoms with E-state index in [4.69, 9.17) is 4.42 Å². The molecule has 0 aliphatic carbocycles. The van der Waals surface area contributed by atoms with Crippen LogP contribution in [0.4, 0.5) is 5.69 Å². The minimum Gasteiger partial charge on any atom is -0.450 e. The summed E-state index contributed by atoms with van der Waals surface area (Å²) in [6, 6.07) is 18.5. The van der Waals surface area contributed by atoms with Crippen LogP contribution in [0.1, 0.15) is 44.4 Å². The molecule has 1 unspecified atom stereocenters. The van der Waals surface area contributed by atoms with Crippen LogP contribution in [-0.4, -0.2) is 5.91 Å². The summed E-state index contributed by atoms with van der Waals surface area (Å²) in [6.45, 7) is 5.98. The highest BCUT2D eigenvalue weighted by molar-refractivity contribution is 9.10. The van der Waals surface area contributed by atoms with E-state index in [1.165, 1.54) is 0 Å². The Morgan fingerprint density at radius 1 is 0.871 bits per heavy atom. The van der Waals surface area contributed by atoms with Gasteiger partial charge in [-0.2, -0.15) is 0 Å². The van der Waals surface area contributed by atoms with Gasteiger partial charge in [0, 0.05) is 10.2 Å². The van der Waals surface area contributed by atoms with Crippen LogP contribution >= 0.6 is 15.9 Å². The normalized spacial score (nSPS) is 15.5. The Labute approximate surface area is 188 Å². The molecule has 2 heterocycles. The fraction of sp³-hybridized carbons (Fsp3) is 0.154. The van der Waals surface area contributed by atoms with E-state index in [0.717, 1.165) is 32.4 Å². The fourth-order valence-electron chi connectivity index (χ4n) is 4.19. The summed E-state index contributed by atoms with van der Waals surface area (Å²) >= 11 is 3.47. The van der Waals surface area contributed by atoms with Gasteiger partial charge in [-0.25, -0.2) is 0 Å². The molecule has 154 valence electrons. The van der Waals surface area contributed by atoms with Crippen molar-refractivity contribution in [3.05, 3.63) is 109 Å². The number of hydrogen-bond donors (Lipinski definition) is 0. The van der Waals surface area contributed by atoms with Crippen LogP contribution in [0.15, 0.2) is 74.3 Å². The lowest BCUT2D eigenvalue weighted by Crippen LogP contribution is -2.29. The van der Waals surface area contributed by atoms with E-state index in [1.807, 2.05) is 75.4 Å². The number of hydrogen-bond acceptors (Lipinski definition) is 3. The first-order valence-electron chi connectivity index (χ1n) is 10.1. The van der Waals surface area contributed by atoms with Crippen molar-refractivity contribution in [3.63, 3.8) is 0 Å². The topological polar surface area (TPSA) is 50.5 Å². The number of amides is 1. The summed E-state index contributed by atoms with van der Waals surface area (Å²) in [7, 11) is 0. The number of benzene rings is 3. The van der Waals surface area contributed by atoms with Gasteiger partial charge in [-0.1, -0.05) is 45.8 Å². The number of halogens is 1. The Morgan fingerprint density at radius 3 is 2.32 bits per heavy atom. The van der Waals surface area contributed by atoms with Crippen molar-refractivity contribution >= 4 is 38.5 Å². The molecular weight excluding hydrogens is 454 g/mol. The van der Waals surface area contributed by atoms with Gasteiger partial charge in [0.15, 0.2) is 5.43 Å². The van der Waals surface area contributed by atoms with Crippen LogP contribution in [-0.2, 0) is 0 Å². The number of anilines is 1. The number of nitrogens with zero attached hydrogens (tertiary/aromatic N) is 1. The maximum atomic E-state index is 13.6. The highest BCUT2D eigenvalue weighted by atomic mass is 79.9. The zero-order valence-electron chi connectivity index (χ0n) is 17.4. The summed E-state index contributed by atoms with van der Waals surface area (Å²) in [5, 5.41) is 0.496. The van der Waals surface area contributed by atoms with Crippen molar-refractivity contribution in [3.8, 4) is 0 Å². The van der Waals surface area contributed by atoms with Crippen LogP contribution in [0, 0.1) is 20.8 Å². The minimum atomic E-state index is -0.557. The van der Waals surface area contributed by atoms with E-state index in [1.54, 1.807) is 11.0 Å². The number of carbonyl (C=O) groups is 1. The first-order chi connectivity index (χ1) is 14.8. The number of aryl methyl sites for hydroxylation is 3. The molecule has 5 heteroatoms. The van der Waals surface area contributed by atoms with Gasteiger partial charge in [0.25, 0.3) is 5.91 Å². The molecule has 3 aromatic carbocycles. The van der Waals surface area contributed by atoms with Gasteiger partial charge in [-0.05, 0) is 73.9 Å². The van der Waals surface area contributed by atoms with Crippen LogP contribution in [0.5, 0.6) is 0 Å². The number of fused-ring (bicyclic) bond motifs is 2. The van der Waals surface area contributed by atoms with Crippen molar-refractivity contribution in [2.24, 2.45) is 0 Å². The second-order valence-electron chi connectivity index (χ2n) is 8.07. The zero-order chi connectivity index (χ0) is 21.9. The second-order valence-corrected chi connectivity index (χ2v) is 8.99. The fourth-order valence-corrected chi connectivity index (χ4v) is 4.45. The lowest BCUT2D eigenvalue weighted by molar-refractivity contribution is 0.0971. The highest BCUT2D eigenvalue weighted by Gasteiger charge is 2.43. The third-order valence-electron chi connectivity index (χ3n) is 5.98. The molecule has 4 aromatic rings. The van der Waals surface area contributed by atoms with Crippen molar-refractivity contribution in [2.45, 2.75) is 26.8 Å². The SMILES string of the molecule is Cc1ccc2oc3c(c(=O)c2c1)C(c1ccc(Br)cc1)N(c1ccc(C)c(C)c1)C3=O. The third kappa shape index (κ3) is 3.12. The van der Waals surface area contributed by atoms with E-state index in [0.29, 0.717) is 16.5 Å². The second kappa shape index (κ2) is 7.20. The van der Waals surface area contributed by atoms with Gasteiger partial charge < -0.3 is 4.42 Å². The van der Waals surface area contributed by atoms with Crippen molar-refractivity contribution < 1.29 is 9.21 Å². The van der Waals surface area contributed by atoms with Gasteiger partial charge in [0.1, 0.15) is 5.58 Å². The molecular formula is C26H20BrNO3.